The lowest BCUT2D eigenvalue weighted by atomic mass is 10.3. The largest absolute Gasteiger partial charge is 0.456 e. The molecule has 0 radical (unpaired) electrons. The Balaban J connectivity index is 2.10. The first kappa shape index (κ1) is 13.8. The van der Waals surface area contributed by atoms with Crippen LogP contribution in [-0.2, 0) is 11.3 Å². The van der Waals surface area contributed by atoms with Crippen LogP contribution in [0.2, 0.25) is 0 Å². The van der Waals surface area contributed by atoms with Gasteiger partial charge in [-0.2, -0.15) is 0 Å². The van der Waals surface area contributed by atoms with Gasteiger partial charge in [0.05, 0.1) is 13.2 Å². The van der Waals surface area contributed by atoms with Gasteiger partial charge in [0.1, 0.15) is 5.76 Å². The maximum Gasteiger partial charge on any atom is 0.289 e. The maximum absolute atomic E-state index is 12.4. The predicted molar refractivity (Wildman–Crippen MR) is 74.4 cm³/mol. The second kappa shape index (κ2) is 6.54. The molecular formula is C14H17NO3S. The Labute approximate surface area is 116 Å². The summed E-state index contributed by atoms with van der Waals surface area (Å²) < 4.78 is 10.5. The zero-order valence-corrected chi connectivity index (χ0v) is 11.9. The van der Waals surface area contributed by atoms with Crippen molar-refractivity contribution < 1.29 is 13.9 Å². The normalized spacial score (nSPS) is 10.6. The quantitative estimate of drug-likeness (QED) is 0.816. The number of carbonyl (C=O) groups excluding carboxylic acids is 1. The molecule has 0 bridgehead atoms. The van der Waals surface area contributed by atoms with Gasteiger partial charge in [-0.3, -0.25) is 4.79 Å². The Morgan fingerprint density at radius 1 is 1.42 bits per heavy atom. The van der Waals surface area contributed by atoms with E-state index in [4.69, 9.17) is 9.15 Å². The van der Waals surface area contributed by atoms with Crippen molar-refractivity contribution in [1.29, 1.82) is 0 Å². The first-order valence-corrected chi connectivity index (χ1v) is 6.95. The molecule has 0 aliphatic rings. The topological polar surface area (TPSA) is 42.7 Å². The first-order valence-electron chi connectivity index (χ1n) is 6.07. The molecule has 2 rings (SSSR count). The lowest BCUT2D eigenvalue weighted by Crippen LogP contribution is -2.33. The van der Waals surface area contributed by atoms with Crippen LogP contribution >= 0.6 is 11.3 Å². The summed E-state index contributed by atoms with van der Waals surface area (Å²) in [5.41, 5.74) is 0. The van der Waals surface area contributed by atoms with Gasteiger partial charge in [-0.05, 0) is 30.5 Å². The summed E-state index contributed by atoms with van der Waals surface area (Å²) in [7, 11) is 1.63. The third kappa shape index (κ3) is 3.68. The molecule has 0 atom stereocenters. The predicted octanol–water partition coefficient (Wildman–Crippen LogP) is 2.94. The number of nitrogens with zero attached hydrogens (tertiary/aromatic N) is 1. The van der Waals surface area contributed by atoms with Crippen LogP contribution in [0.4, 0.5) is 0 Å². The number of aryl methyl sites for hydroxylation is 1. The molecule has 102 valence electrons. The second-order valence-corrected chi connectivity index (χ2v) is 5.24. The van der Waals surface area contributed by atoms with Gasteiger partial charge in [0.25, 0.3) is 5.91 Å². The minimum absolute atomic E-state index is 0.0986. The van der Waals surface area contributed by atoms with Gasteiger partial charge in [-0.15, -0.1) is 11.3 Å². The second-order valence-electron chi connectivity index (χ2n) is 4.21. The third-order valence-corrected chi connectivity index (χ3v) is 3.59. The molecule has 19 heavy (non-hydrogen) atoms. The summed E-state index contributed by atoms with van der Waals surface area (Å²) in [6.45, 7) is 3.47. The van der Waals surface area contributed by atoms with E-state index in [2.05, 4.69) is 0 Å². The average Bonchev–Trinajstić information content (AvgIpc) is 3.05. The molecule has 0 saturated carbocycles. The molecule has 2 aromatic heterocycles. The first-order chi connectivity index (χ1) is 9.20. The maximum atomic E-state index is 12.4. The van der Waals surface area contributed by atoms with E-state index in [0.29, 0.717) is 25.5 Å². The average molecular weight is 279 g/mol. The molecule has 0 spiro atoms. The molecule has 0 N–H and O–H groups in total. The molecule has 0 unspecified atom stereocenters. The van der Waals surface area contributed by atoms with Crippen molar-refractivity contribution >= 4 is 17.2 Å². The van der Waals surface area contributed by atoms with Gasteiger partial charge in [0.15, 0.2) is 5.76 Å². The summed E-state index contributed by atoms with van der Waals surface area (Å²) in [5.74, 6) is 1.02. The summed E-state index contributed by atoms with van der Waals surface area (Å²) in [6, 6.07) is 7.51. The highest BCUT2D eigenvalue weighted by molar-refractivity contribution is 7.09. The fourth-order valence-electron chi connectivity index (χ4n) is 1.75. The Hall–Kier alpha value is -1.59. The number of ether oxygens (including phenoxy) is 1. The number of rotatable bonds is 6. The van der Waals surface area contributed by atoms with Gasteiger partial charge in [0.2, 0.25) is 0 Å². The van der Waals surface area contributed by atoms with Crippen molar-refractivity contribution in [2.45, 2.75) is 13.5 Å². The third-order valence-electron chi connectivity index (χ3n) is 2.73. The summed E-state index contributed by atoms with van der Waals surface area (Å²) >= 11 is 1.64. The number of furan rings is 1. The summed E-state index contributed by atoms with van der Waals surface area (Å²) in [4.78, 5) is 15.3. The number of hydrogen-bond donors (Lipinski definition) is 0. The standard InChI is InChI=1S/C14H17NO3S/c1-11-5-6-13(18-11)14(16)15(7-8-17-2)10-12-4-3-9-19-12/h3-6,9H,7-8,10H2,1-2H3. The molecule has 0 aromatic carbocycles. The van der Waals surface area contributed by atoms with E-state index in [-0.39, 0.29) is 5.91 Å². The van der Waals surface area contributed by atoms with Crippen LogP contribution in [0.3, 0.4) is 0 Å². The SMILES string of the molecule is COCCN(Cc1cccs1)C(=O)c1ccc(C)o1. The highest BCUT2D eigenvalue weighted by Gasteiger charge is 2.19. The van der Waals surface area contributed by atoms with Gasteiger partial charge in [-0.25, -0.2) is 0 Å². The number of amides is 1. The van der Waals surface area contributed by atoms with E-state index in [1.165, 1.54) is 0 Å². The smallest absolute Gasteiger partial charge is 0.289 e. The minimum atomic E-state index is -0.0986. The van der Waals surface area contributed by atoms with Crippen LogP contribution in [0.5, 0.6) is 0 Å². The lowest BCUT2D eigenvalue weighted by Gasteiger charge is -2.20. The van der Waals surface area contributed by atoms with Crippen LogP contribution in [0.25, 0.3) is 0 Å². The summed E-state index contributed by atoms with van der Waals surface area (Å²) in [6.07, 6.45) is 0. The zero-order valence-electron chi connectivity index (χ0n) is 11.1. The minimum Gasteiger partial charge on any atom is -0.456 e. The monoisotopic (exact) mass is 279 g/mol. The van der Waals surface area contributed by atoms with Crippen LogP contribution in [0.15, 0.2) is 34.1 Å². The van der Waals surface area contributed by atoms with Crippen molar-refractivity contribution in [3.63, 3.8) is 0 Å². The van der Waals surface area contributed by atoms with E-state index < -0.39 is 0 Å². The van der Waals surface area contributed by atoms with E-state index >= 15 is 0 Å². The molecular weight excluding hydrogens is 262 g/mol. The molecule has 0 aliphatic carbocycles. The zero-order chi connectivity index (χ0) is 13.7. The summed E-state index contributed by atoms with van der Waals surface area (Å²) in [5, 5.41) is 2.01. The van der Waals surface area contributed by atoms with Gasteiger partial charge >= 0.3 is 0 Å². The molecule has 5 heteroatoms. The Bertz CT molecular complexity index is 519. The van der Waals surface area contributed by atoms with Crippen molar-refractivity contribution in [3.05, 3.63) is 46.0 Å². The number of methoxy groups -OCH3 is 1. The van der Waals surface area contributed by atoms with Crippen molar-refractivity contribution in [2.75, 3.05) is 20.3 Å². The van der Waals surface area contributed by atoms with Gasteiger partial charge < -0.3 is 14.1 Å². The van der Waals surface area contributed by atoms with Crippen LogP contribution < -0.4 is 0 Å². The molecule has 2 heterocycles. The van der Waals surface area contributed by atoms with Gasteiger partial charge in [0, 0.05) is 18.5 Å². The van der Waals surface area contributed by atoms with E-state index in [9.17, 15) is 4.79 Å². The van der Waals surface area contributed by atoms with E-state index in [0.717, 1.165) is 10.6 Å². The molecule has 0 saturated heterocycles. The molecule has 0 fully saturated rings. The van der Waals surface area contributed by atoms with Crippen molar-refractivity contribution in [3.8, 4) is 0 Å². The Kier molecular flexibility index (Phi) is 4.76. The molecule has 4 nitrogen and oxygen atoms in total. The fourth-order valence-corrected chi connectivity index (χ4v) is 2.47. The van der Waals surface area contributed by atoms with E-state index in [1.807, 2.05) is 24.4 Å². The van der Waals surface area contributed by atoms with Crippen LogP contribution in [-0.4, -0.2) is 31.1 Å². The molecule has 1 amide bonds. The fraction of sp³-hybridized carbons (Fsp3) is 0.357. The number of thiophene rings is 1. The number of hydrogen-bond acceptors (Lipinski definition) is 4. The number of carbonyl (C=O) groups is 1. The Morgan fingerprint density at radius 3 is 2.84 bits per heavy atom. The highest BCUT2D eigenvalue weighted by Crippen LogP contribution is 2.15. The van der Waals surface area contributed by atoms with Gasteiger partial charge in [-0.1, -0.05) is 6.07 Å². The Morgan fingerprint density at radius 2 is 2.26 bits per heavy atom. The van der Waals surface area contributed by atoms with Crippen molar-refractivity contribution in [2.24, 2.45) is 0 Å². The molecule has 0 aliphatic heterocycles. The van der Waals surface area contributed by atoms with Crippen LogP contribution in [0, 0.1) is 6.92 Å². The lowest BCUT2D eigenvalue weighted by molar-refractivity contribution is 0.0650. The van der Waals surface area contributed by atoms with E-state index in [1.54, 1.807) is 35.5 Å². The van der Waals surface area contributed by atoms with Crippen molar-refractivity contribution in [1.82, 2.24) is 4.90 Å². The van der Waals surface area contributed by atoms with Crippen LogP contribution in [0.1, 0.15) is 21.2 Å². The highest BCUT2D eigenvalue weighted by atomic mass is 32.1. The molecule has 2 aromatic rings.